The Morgan fingerprint density at radius 1 is 0.935 bits per heavy atom. The second-order valence-corrected chi connectivity index (χ2v) is 10.5. The van der Waals surface area contributed by atoms with Crippen LogP contribution in [0.2, 0.25) is 0 Å². The number of ether oxygens (including phenoxy) is 1. The molecule has 4 aromatic rings. The summed E-state index contributed by atoms with van der Waals surface area (Å²) in [6, 6.07) is 11.9. The molecule has 2 atom stereocenters. The van der Waals surface area contributed by atoms with Gasteiger partial charge in [-0.25, -0.2) is 4.79 Å². The van der Waals surface area contributed by atoms with E-state index in [9.17, 15) is 41.4 Å². The van der Waals surface area contributed by atoms with Crippen molar-refractivity contribution >= 4 is 11.9 Å². The molecular weight excluding hydrogens is 634 g/mol. The Labute approximate surface area is 254 Å². The maximum atomic E-state index is 14.0. The summed E-state index contributed by atoms with van der Waals surface area (Å²) in [5.74, 6) is -4.65. The lowest BCUT2D eigenvalue weighted by Crippen LogP contribution is -2.47. The van der Waals surface area contributed by atoms with Crippen LogP contribution in [0.25, 0.3) is 34.3 Å². The molecule has 0 amide bonds. The van der Waals surface area contributed by atoms with Crippen molar-refractivity contribution in [2.45, 2.75) is 38.3 Å². The fourth-order valence-electron chi connectivity index (χ4n) is 4.09. The fraction of sp³-hybridized carbons (Fsp3) is 0.321. The van der Waals surface area contributed by atoms with E-state index in [1.807, 2.05) is 0 Å². The number of halogens is 6. The molecule has 1 aliphatic heterocycles. The molecule has 0 aliphatic carbocycles. The maximum absolute atomic E-state index is 14.0. The third-order valence-electron chi connectivity index (χ3n) is 6.66. The Bertz CT molecular complexity index is 1700. The number of aromatic nitrogens is 3. The molecule has 2 unspecified atom stereocenters. The first kappa shape index (κ1) is 33.9. The number of rotatable bonds is 7. The summed E-state index contributed by atoms with van der Waals surface area (Å²) < 4.78 is 89.6. The molecule has 0 radical (unpaired) electrons. The number of aliphatic hydroxyl groups is 1. The smallest absolute Gasteiger partial charge is 0.490 e. The van der Waals surface area contributed by atoms with Crippen molar-refractivity contribution in [1.82, 2.24) is 20.6 Å². The third kappa shape index (κ3) is 7.45. The molecule has 46 heavy (non-hydrogen) atoms. The number of carboxylic acid groups (broad SMARTS) is 2. The lowest BCUT2D eigenvalue weighted by Gasteiger charge is -2.33. The molecule has 1 aliphatic rings. The topological polar surface area (TPSA) is 181 Å². The van der Waals surface area contributed by atoms with Gasteiger partial charge in [-0.3, -0.25) is 4.79 Å². The van der Waals surface area contributed by atoms with Crippen LogP contribution in [0.5, 0.6) is 5.75 Å². The van der Waals surface area contributed by atoms with Crippen molar-refractivity contribution in [3.8, 4) is 40.0 Å². The van der Waals surface area contributed by atoms with Gasteiger partial charge in [0.05, 0.1) is 11.5 Å². The van der Waals surface area contributed by atoms with Crippen molar-refractivity contribution < 1.29 is 65.0 Å². The average molecular weight is 659 g/mol. The minimum Gasteiger partial charge on any atom is -0.491 e. The van der Waals surface area contributed by atoms with E-state index in [4.69, 9.17) is 23.7 Å². The number of carbonyl (C=O) groups is 2. The molecule has 0 spiro atoms. The van der Waals surface area contributed by atoms with Gasteiger partial charge in [0.1, 0.15) is 29.7 Å². The van der Waals surface area contributed by atoms with Gasteiger partial charge < -0.3 is 34.4 Å². The van der Waals surface area contributed by atoms with Gasteiger partial charge >= 0.3 is 24.3 Å². The van der Waals surface area contributed by atoms with E-state index in [2.05, 4.69) is 20.6 Å². The highest BCUT2D eigenvalue weighted by Crippen LogP contribution is 2.43. The number of fused-ring (bicyclic) bond motifs is 1. The molecule has 246 valence electrons. The van der Waals surface area contributed by atoms with Crippen LogP contribution in [0.4, 0.5) is 26.3 Å². The summed E-state index contributed by atoms with van der Waals surface area (Å²) >= 11 is 0. The van der Waals surface area contributed by atoms with Crippen LogP contribution in [-0.4, -0.2) is 67.9 Å². The van der Waals surface area contributed by atoms with Gasteiger partial charge in [0.15, 0.2) is 0 Å². The van der Waals surface area contributed by atoms with Gasteiger partial charge in [0, 0.05) is 23.2 Å². The van der Waals surface area contributed by atoms with E-state index < -0.39 is 64.8 Å². The summed E-state index contributed by atoms with van der Waals surface area (Å²) in [5.41, 5.74) is -1.55. The van der Waals surface area contributed by atoms with Crippen molar-refractivity contribution in [3.05, 3.63) is 59.7 Å². The number of carboxylic acids is 2. The Hall–Kier alpha value is -4.97. The standard InChI is InChI=1S/C26H23F3N4O6.C2HF3O2/c1-25(2,24(35)36)12-30-16-11-37-17-10-14(8-9-15(17)20(16)34)22-31-23(39-33-22)21-18(26(27,28)29)19(32-38-21)13-6-4-3-5-7-13;3-2(4,5)1(6)7/h3-10,16,20,30,34H,11-12H2,1-2H3,(H,35,36);(H,6,7). The summed E-state index contributed by atoms with van der Waals surface area (Å²) in [6.45, 7) is 3.30. The number of nitrogens with zero attached hydrogens (tertiary/aromatic N) is 3. The second kappa shape index (κ2) is 12.8. The summed E-state index contributed by atoms with van der Waals surface area (Å²) in [6.07, 6.45) is -10.9. The number of alkyl halides is 6. The monoisotopic (exact) mass is 658 g/mol. The van der Waals surface area contributed by atoms with Crippen molar-refractivity contribution in [2.75, 3.05) is 13.2 Å². The van der Waals surface area contributed by atoms with Gasteiger partial charge in [-0.1, -0.05) is 52.8 Å². The fourth-order valence-corrected chi connectivity index (χ4v) is 4.09. The maximum Gasteiger partial charge on any atom is 0.490 e. The Balaban J connectivity index is 0.000000617. The largest absolute Gasteiger partial charge is 0.491 e. The molecule has 2 aromatic carbocycles. The van der Waals surface area contributed by atoms with Gasteiger partial charge in [-0.15, -0.1) is 0 Å². The highest BCUT2D eigenvalue weighted by atomic mass is 19.4. The Morgan fingerprint density at radius 2 is 1.59 bits per heavy atom. The van der Waals surface area contributed by atoms with Crippen molar-refractivity contribution in [3.63, 3.8) is 0 Å². The number of hydrogen-bond acceptors (Lipinski definition) is 10. The Morgan fingerprint density at radius 3 is 2.17 bits per heavy atom. The zero-order chi connectivity index (χ0) is 34.0. The molecule has 4 N–H and O–H groups in total. The van der Waals surface area contributed by atoms with E-state index in [1.54, 1.807) is 44.2 Å². The number of aliphatic carboxylic acids is 2. The highest BCUT2D eigenvalue weighted by Gasteiger charge is 2.43. The average Bonchev–Trinajstić information content (AvgIpc) is 3.65. The van der Waals surface area contributed by atoms with E-state index >= 15 is 0 Å². The normalized spacial score (nSPS) is 16.5. The van der Waals surface area contributed by atoms with Crippen LogP contribution in [0.1, 0.15) is 31.1 Å². The summed E-state index contributed by atoms with van der Waals surface area (Å²) in [4.78, 5) is 24.3. The van der Waals surface area contributed by atoms with Crippen LogP contribution in [0.3, 0.4) is 0 Å². The molecule has 18 heteroatoms. The van der Waals surface area contributed by atoms with Crippen LogP contribution in [0.15, 0.2) is 57.6 Å². The molecule has 5 rings (SSSR count). The number of aliphatic hydroxyl groups excluding tert-OH is 1. The lowest BCUT2D eigenvalue weighted by atomic mass is 9.92. The zero-order valence-electron chi connectivity index (χ0n) is 23.7. The van der Waals surface area contributed by atoms with E-state index in [-0.39, 0.29) is 24.5 Å². The highest BCUT2D eigenvalue weighted by molar-refractivity contribution is 5.74. The number of hydrogen-bond donors (Lipinski definition) is 4. The zero-order valence-corrected chi connectivity index (χ0v) is 23.7. The molecule has 2 aromatic heterocycles. The number of nitrogens with one attached hydrogen (secondary N) is 1. The predicted octanol–water partition coefficient (Wildman–Crippen LogP) is 5.21. The Kier molecular flexibility index (Phi) is 9.43. The van der Waals surface area contributed by atoms with Gasteiger partial charge in [-0.2, -0.15) is 31.3 Å². The van der Waals surface area contributed by atoms with E-state index in [0.29, 0.717) is 16.9 Å². The first-order valence-corrected chi connectivity index (χ1v) is 13.1. The molecule has 0 saturated carbocycles. The molecule has 0 bridgehead atoms. The second-order valence-electron chi connectivity index (χ2n) is 10.5. The molecule has 0 fully saturated rings. The minimum atomic E-state index is -5.08. The third-order valence-corrected chi connectivity index (χ3v) is 6.66. The van der Waals surface area contributed by atoms with E-state index in [1.165, 1.54) is 18.2 Å². The first-order valence-electron chi connectivity index (χ1n) is 13.1. The van der Waals surface area contributed by atoms with Crippen molar-refractivity contribution in [1.29, 1.82) is 0 Å². The SMILES string of the molecule is CC(C)(CNC1COc2cc(-c3noc(-c4onc(-c5ccccc5)c4C(F)(F)F)n3)ccc2C1O)C(=O)O.O=C(O)C(F)(F)F. The van der Waals surface area contributed by atoms with Gasteiger partial charge in [0.25, 0.3) is 5.89 Å². The molecular formula is C28H24F6N4O8. The molecule has 3 heterocycles. The number of benzene rings is 2. The van der Waals surface area contributed by atoms with Crippen LogP contribution in [-0.2, 0) is 15.8 Å². The van der Waals surface area contributed by atoms with Crippen molar-refractivity contribution in [2.24, 2.45) is 5.41 Å². The molecule has 0 saturated heterocycles. The minimum absolute atomic E-state index is 0.0277. The summed E-state index contributed by atoms with van der Waals surface area (Å²) in [5, 5.41) is 37.7. The first-order chi connectivity index (χ1) is 21.4. The quantitative estimate of drug-likeness (QED) is 0.191. The van der Waals surface area contributed by atoms with Crippen LogP contribution >= 0.6 is 0 Å². The van der Waals surface area contributed by atoms with E-state index in [0.717, 1.165) is 0 Å². The van der Waals surface area contributed by atoms with Gasteiger partial charge in [-0.05, 0) is 19.9 Å². The van der Waals surface area contributed by atoms with Crippen LogP contribution < -0.4 is 10.1 Å². The predicted molar refractivity (Wildman–Crippen MR) is 143 cm³/mol. The summed E-state index contributed by atoms with van der Waals surface area (Å²) in [7, 11) is 0. The van der Waals surface area contributed by atoms with Crippen LogP contribution in [0, 0.1) is 5.41 Å². The van der Waals surface area contributed by atoms with Gasteiger partial charge in [0.2, 0.25) is 11.6 Å². The molecule has 12 nitrogen and oxygen atoms in total. The lowest BCUT2D eigenvalue weighted by molar-refractivity contribution is -0.192.